The van der Waals surface area contributed by atoms with E-state index in [4.69, 9.17) is 23.2 Å². The van der Waals surface area contributed by atoms with Crippen molar-refractivity contribution in [1.29, 1.82) is 0 Å². The Morgan fingerprint density at radius 3 is 2.53 bits per heavy atom. The van der Waals surface area contributed by atoms with Crippen LogP contribution in [0.1, 0.15) is 12.5 Å². The second kappa shape index (κ2) is 7.22. The molecule has 1 aromatic carbocycles. The highest BCUT2D eigenvalue weighted by Crippen LogP contribution is 2.22. The number of nitrogens with one attached hydrogen (secondary N) is 1. The Morgan fingerprint density at radius 2 is 1.94 bits per heavy atom. The average molecular weight is 275 g/mol. The summed E-state index contributed by atoms with van der Waals surface area (Å²) in [7, 11) is 4.16. The first kappa shape index (κ1) is 14.8. The van der Waals surface area contributed by atoms with Crippen LogP contribution in [-0.2, 0) is 6.42 Å². The van der Waals surface area contributed by atoms with Crippen molar-refractivity contribution < 1.29 is 0 Å². The van der Waals surface area contributed by atoms with E-state index in [1.165, 1.54) is 5.56 Å². The van der Waals surface area contributed by atoms with Gasteiger partial charge in [-0.05, 0) is 51.7 Å². The maximum absolute atomic E-state index is 5.97. The van der Waals surface area contributed by atoms with Crippen molar-refractivity contribution in [3.8, 4) is 0 Å². The van der Waals surface area contributed by atoms with Crippen molar-refractivity contribution in [3.63, 3.8) is 0 Å². The van der Waals surface area contributed by atoms with Gasteiger partial charge in [0.2, 0.25) is 0 Å². The zero-order valence-corrected chi connectivity index (χ0v) is 12.1. The van der Waals surface area contributed by atoms with Gasteiger partial charge in [0.1, 0.15) is 0 Å². The number of hydrogen-bond donors (Lipinski definition) is 1. The third kappa shape index (κ3) is 5.73. The van der Waals surface area contributed by atoms with E-state index in [2.05, 4.69) is 31.2 Å². The largest absolute Gasteiger partial charge is 0.313 e. The smallest absolute Gasteiger partial charge is 0.0595 e. The Labute approximate surface area is 114 Å². The maximum Gasteiger partial charge on any atom is 0.0595 e. The van der Waals surface area contributed by atoms with E-state index in [9.17, 15) is 0 Å². The Morgan fingerprint density at radius 1 is 1.24 bits per heavy atom. The molecule has 0 saturated heterocycles. The van der Waals surface area contributed by atoms with Crippen molar-refractivity contribution >= 4 is 23.2 Å². The summed E-state index contributed by atoms with van der Waals surface area (Å²) in [5.74, 6) is 0. The van der Waals surface area contributed by atoms with Gasteiger partial charge in [-0.3, -0.25) is 0 Å². The summed E-state index contributed by atoms with van der Waals surface area (Å²) in [6.45, 7) is 4.18. The van der Waals surface area contributed by atoms with Gasteiger partial charge in [-0.1, -0.05) is 29.3 Å². The van der Waals surface area contributed by atoms with E-state index in [1.807, 2.05) is 18.2 Å². The van der Waals surface area contributed by atoms with E-state index < -0.39 is 0 Å². The molecule has 0 fully saturated rings. The van der Waals surface area contributed by atoms with Gasteiger partial charge in [0.05, 0.1) is 10.0 Å². The molecule has 0 aromatic heterocycles. The minimum Gasteiger partial charge on any atom is -0.313 e. The van der Waals surface area contributed by atoms with Crippen molar-refractivity contribution in [1.82, 2.24) is 10.2 Å². The number of rotatable bonds is 6. The van der Waals surface area contributed by atoms with Crippen LogP contribution in [0.3, 0.4) is 0 Å². The lowest BCUT2D eigenvalue weighted by atomic mass is 10.1. The van der Waals surface area contributed by atoms with Gasteiger partial charge in [-0.15, -0.1) is 0 Å². The monoisotopic (exact) mass is 274 g/mol. The second-order valence-corrected chi connectivity index (χ2v) is 5.43. The number of likely N-dealkylation sites (N-methyl/N-ethyl adjacent to an activating group) is 1. The fourth-order valence-electron chi connectivity index (χ4n) is 1.77. The third-order valence-corrected chi connectivity index (χ3v) is 3.27. The molecule has 0 bridgehead atoms. The average Bonchev–Trinajstić information content (AvgIpc) is 2.22. The summed E-state index contributed by atoms with van der Waals surface area (Å²) in [5.41, 5.74) is 1.21. The molecule has 0 saturated carbocycles. The molecule has 1 aromatic rings. The van der Waals surface area contributed by atoms with Crippen LogP contribution < -0.4 is 5.32 Å². The lowest BCUT2D eigenvalue weighted by Crippen LogP contribution is -2.36. The second-order valence-electron chi connectivity index (χ2n) is 4.62. The van der Waals surface area contributed by atoms with Gasteiger partial charge >= 0.3 is 0 Å². The summed E-state index contributed by atoms with van der Waals surface area (Å²) >= 11 is 11.8. The maximum atomic E-state index is 5.97. The molecule has 0 heterocycles. The zero-order chi connectivity index (χ0) is 12.8. The quantitative estimate of drug-likeness (QED) is 0.858. The van der Waals surface area contributed by atoms with E-state index in [0.29, 0.717) is 16.1 Å². The SMILES string of the molecule is CC(CN(C)C)NCCc1ccc(Cl)c(Cl)c1. The van der Waals surface area contributed by atoms with E-state index in [-0.39, 0.29) is 0 Å². The molecule has 0 aliphatic rings. The molecule has 17 heavy (non-hydrogen) atoms. The molecule has 2 nitrogen and oxygen atoms in total. The Balaban J connectivity index is 2.33. The first-order valence-corrected chi connectivity index (χ1v) is 6.56. The van der Waals surface area contributed by atoms with Gasteiger partial charge in [0.25, 0.3) is 0 Å². The Bertz CT molecular complexity index is 353. The summed E-state index contributed by atoms with van der Waals surface area (Å²) in [6, 6.07) is 6.30. The normalized spacial score (nSPS) is 13.1. The van der Waals surface area contributed by atoms with E-state index in [1.54, 1.807) is 0 Å². The van der Waals surface area contributed by atoms with E-state index in [0.717, 1.165) is 19.5 Å². The summed E-state index contributed by atoms with van der Waals surface area (Å²) in [6.07, 6.45) is 0.967. The lowest BCUT2D eigenvalue weighted by molar-refractivity contribution is 0.351. The topological polar surface area (TPSA) is 15.3 Å². The highest BCUT2D eigenvalue weighted by molar-refractivity contribution is 6.42. The fraction of sp³-hybridized carbons (Fsp3) is 0.538. The first-order valence-electron chi connectivity index (χ1n) is 5.81. The van der Waals surface area contributed by atoms with Crippen molar-refractivity contribution in [2.24, 2.45) is 0 Å². The molecular weight excluding hydrogens is 255 g/mol. The predicted molar refractivity (Wildman–Crippen MR) is 76.2 cm³/mol. The van der Waals surface area contributed by atoms with Gasteiger partial charge < -0.3 is 10.2 Å². The van der Waals surface area contributed by atoms with Crippen LogP contribution in [-0.4, -0.2) is 38.1 Å². The summed E-state index contributed by atoms with van der Waals surface area (Å²) < 4.78 is 0. The standard InChI is InChI=1S/C13H20Cl2N2/c1-10(9-17(2)3)16-7-6-11-4-5-12(14)13(15)8-11/h4-5,8,10,16H,6-7,9H2,1-3H3. The van der Waals surface area contributed by atoms with Crippen molar-refractivity contribution in [2.45, 2.75) is 19.4 Å². The van der Waals surface area contributed by atoms with Crippen LogP contribution in [0.2, 0.25) is 10.0 Å². The minimum atomic E-state index is 0.493. The predicted octanol–water partition coefficient (Wildman–Crippen LogP) is 3.08. The van der Waals surface area contributed by atoms with Gasteiger partial charge in [0.15, 0.2) is 0 Å². The fourth-order valence-corrected chi connectivity index (χ4v) is 2.09. The summed E-state index contributed by atoms with van der Waals surface area (Å²) in [5, 5.41) is 4.72. The minimum absolute atomic E-state index is 0.493. The lowest BCUT2D eigenvalue weighted by Gasteiger charge is -2.18. The van der Waals surface area contributed by atoms with Crippen LogP contribution in [0.4, 0.5) is 0 Å². The Hall–Kier alpha value is -0.280. The van der Waals surface area contributed by atoms with Crippen LogP contribution in [0.15, 0.2) is 18.2 Å². The molecule has 96 valence electrons. The van der Waals surface area contributed by atoms with Crippen molar-refractivity contribution in [2.75, 3.05) is 27.2 Å². The zero-order valence-electron chi connectivity index (χ0n) is 10.6. The third-order valence-electron chi connectivity index (χ3n) is 2.53. The van der Waals surface area contributed by atoms with Gasteiger partial charge in [0, 0.05) is 12.6 Å². The van der Waals surface area contributed by atoms with Crippen LogP contribution >= 0.6 is 23.2 Å². The van der Waals surface area contributed by atoms with E-state index >= 15 is 0 Å². The Kier molecular flexibility index (Phi) is 6.28. The molecule has 4 heteroatoms. The molecule has 1 N–H and O–H groups in total. The summed E-state index contributed by atoms with van der Waals surface area (Å²) in [4.78, 5) is 2.18. The molecule has 0 aliphatic heterocycles. The molecule has 0 amide bonds. The van der Waals surface area contributed by atoms with Crippen LogP contribution in [0.25, 0.3) is 0 Å². The number of hydrogen-bond acceptors (Lipinski definition) is 2. The van der Waals surface area contributed by atoms with Crippen LogP contribution in [0.5, 0.6) is 0 Å². The molecule has 1 rings (SSSR count). The molecule has 0 radical (unpaired) electrons. The molecular formula is C13H20Cl2N2. The number of nitrogens with zero attached hydrogens (tertiary/aromatic N) is 1. The number of benzene rings is 1. The molecule has 0 spiro atoms. The highest BCUT2D eigenvalue weighted by Gasteiger charge is 2.03. The molecule has 0 aliphatic carbocycles. The van der Waals surface area contributed by atoms with Crippen LogP contribution in [0, 0.1) is 0 Å². The van der Waals surface area contributed by atoms with Crippen molar-refractivity contribution in [3.05, 3.63) is 33.8 Å². The van der Waals surface area contributed by atoms with Gasteiger partial charge in [-0.25, -0.2) is 0 Å². The molecule has 1 atom stereocenters. The number of halogens is 2. The molecule has 1 unspecified atom stereocenters. The first-order chi connectivity index (χ1) is 7.99. The van der Waals surface area contributed by atoms with Gasteiger partial charge in [-0.2, -0.15) is 0 Å². The highest BCUT2D eigenvalue weighted by atomic mass is 35.5.